The molecule has 0 bridgehead atoms. The maximum Gasteiger partial charge on any atom is 0.254 e. The van der Waals surface area contributed by atoms with Crippen LogP contribution in [0.15, 0.2) is 42.5 Å². The fourth-order valence-electron chi connectivity index (χ4n) is 5.40. The Morgan fingerprint density at radius 3 is 1.94 bits per heavy atom. The van der Waals surface area contributed by atoms with Crippen molar-refractivity contribution >= 4 is 5.91 Å². The van der Waals surface area contributed by atoms with Crippen molar-refractivity contribution in [2.75, 3.05) is 47.5 Å². The number of benzene rings is 2. The third kappa shape index (κ3) is 4.16. The molecule has 0 radical (unpaired) electrons. The molecule has 1 saturated carbocycles. The lowest BCUT2D eigenvalue weighted by Crippen LogP contribution is -2.57. The summed E-state index contributed by atoms with van der Waals surface area (Å²) in [4.78, 5) is 17.9. The molecule has 1 heterocycles. The van der Waals surface area contributed by atoms with Crippen LogP contribution in [0.3, 0.4) is 0 Å². The van der Waals surface area contributed by atoms with E-state index < -0.39 is 0 Å². The first-order valence-electron chi connectivity index (χ1n) is 11.5. The lowest BCUT2D eigenvalue weighted by molar-refractivity contribution is 0.00560. The Morgan fingerprint density at radius 2 is 1.41 bits per heavy atom. The normalized spacial score (nSPS) is 18.8. The maximum absolute atomic E-state index is 13.3. The summed E-state index contributed by atoms with van der Waals surface area (Å²) in [5, 5.41) is 0. The molecule has 1 saturated heterocycles. The summed E-state index contributed by atoms with van der Waals surface area (Å²) in [7, 11) is 4.70. The number of nitrogens with zero attached hydrogens (tertiary/aromatic N) is 2. The van der Waals surface area contributed by atoms with Crippen molar-refractivity contribution in [1.82, 2.24) is 9.80 Å². The number of carbonyl (C=O) groups is 1. The molecule has 172 valence electrons. The molecule has 2 fully saturated rings. The van der Waals surface area contributed by atoms with E-state index >= 15 is 0 Å². The van der Waals surface area contributed by atoms with E-state index in [0.29, 0.717) is 35.9 Å². The van der Waals surface area contributed by atoms with Crippen molar-refractivity contribution in [1.29, 1.82) is 0 Å². The van der Waals surface area contributed by atoms with Gasteiger partial charge in [0.25, 0.3) is 5.91 Å². The van der Waals surface area contributed by atoms with Crippen LogP contribution < -0.4 is 14.2 Å². The highest BCUT2D eigenvalue weighted by molar-refractivity contribution is 5.95. The van der Waals surface area contributed by atoms with E-state index in [1.807, 2.05) is 4.90 Å². The number of ether oxygens (including phenoxy) is 3. The highest BCUT2D eigenvalue weighted by Gasteiger charge is 2.41. The Kier molecular flexibility index (Phi) is 6.89. The third-order valence-electron chi connectivity index (χ3n) is 7.08. The molecule has 1 aliphatic heterocycles. The van der Waals surface area contributed by atoms with Crippen molar-refractivity contribution in [3.05, 3.63) is 53.6 Å². The van der Waals surface area contributed by atoms with Crippen LogP contribution in [0.4, 0.5) is 0 Å². The summed E-state index contributed by atoms with van der Waals surface area (Å²) in [6, 6.07) is 14.4. The van der Waals surface area contributed by atoms with Crippen LogP contribution in [-0.2, 0) is 5.54 Å². The second kappa shape index (κ2) is 9.82. The standard InChI is InChI=1S/C26H34N2O4/c1-30-22-18-20(19-23(31-2)24(22)32-3)25(29)27-14-16-28(17-15-27)26(12-8-5-9-13-26)21-10-6-4-7-11-21/h4,6-7,10-11,18-19H,5,8-9,12-17H2,1-3H3. The van der Waals surface area contributed by atoms with E-state index in [4.69, 9.17) is 14.2 Å². The Labute approximate surface area is 191 Å². The summed E-state index contributed by atoms with van der Waals surface area (Å²) < 4.78 is 16.3. The molecule has 1 aliphatic carbocycles. The van der Waals surface area contributed by atoms with E-state index in [-0.39, 0.29) is 11.4 Å². The van der Waals surface area contributed by atoms with Gasteiger partial charge in [0.1, 0.15) is 0 Å². The topological polar surface area (TPSA) is 51.2 Å². The Bertz CT molecular complexity index is 892. The average molecular weight is 439 g/mol. The molecule has 6 nitrogen and oxygen atoms in total. The summed E-state index contributed by atoms with van der Waals surface area (Å²) in [5.74, 6) is 1.50. The van der Waals surface area contributed by atoms with E-state index in [9.17, 15) is 4.79 Å². The number of methoxy groups -OCH3 is 3. The van der Waals surface area contributed by atoms with Crippen LogP contribution in [0.5, 0.6) is 17.2 Å². The highest BCUT2D eigenvalue weighted by atomic mass is 16.5. The van der Waals surface area contributed by atoms with E-state index in [1.165, 1.54) is 37.7 Å². The van der Waals surface area contributed by atoms with Gasteiger partial charge in [-0.3, -0.25) is 9.69 Å². The molecule has 0 spiro atoms. The number of rotatable bonds is 6. The van der Waals surface area contributed by atoms with Crippen molar-refractivity contribution in [3.8, 4) is 17.2 Å². The molecule has 0 atom stereocenters. The van der Waals surface area contributed by atoms with E-state index in [1.54, 1.807) is 33.5 Å². The first kappa shape index (κ1) is 22.5. The van der Waals surface area contributed by atoms with Crippen LogP contribution in [-0.4, -0.2) is 63.2 Å². The Morgan fingerprint density at radius 1 is 0.812 bits per heavy atom. The minimum Gasteiger partial charge on any atom is -0.493 e. The smallest absolute Gasteiger partial charge is 0.254 e. The van der Waals surface area contributed by atoms with Crippen molar-refractivity contribution in [2.45, 2.75) is 37.6 Å². The molecule has 1 amide bonds. The fraction of sp³-hybridized carbons (Fsp3) is 0.500. The summed E-state index contributed by atoms with van der Waals surface area (Å²) in [6.45, 7) is 3.18. The van der Waals surface area contributed by atoms with Gasteiger partial charge in [-0.25, -0.2) is 0 Å². The zero-order valence-corrected chi connectivity index (χ0v) is 19.4. The van der Waals surface area contributed by atoms with Crippen LogP contribution in [0.1, 0.15) is 48.0 Å². The monoisotopic (exact) mass is 438 g/mol. The van der Waals surface area contributed by atoms with Crippen molar-refractivity contribution < 1.29 is 19.0 Å². The summed E-state index contributed by atoms with van der Waals surface area (Å²) >= 11 is 0. The van der Waals surface area contributed by atoms with Gasteiger partial charge in [-0.15, -0.1) is 0 Å². The minimum absolute atomic E-state index is 0.00121. The molecule has 2 aromatic carbocycles. The predicted molar refractivity (Wildman–Crippen MR) is 125 cm³/mol. The molecular weight excluding hydrogens is 404 g/mol. The number of piperazine rings is 1. The van der Waals surface area contributed by atoms with Crippen molar-refractivity contribution in [3.63, 3.8) is 0 Å². The van der Waals surface area contributed by atoms with Gasteiger partial charge in [0.15, 0.2) is 11.5 Å². The first-order valence-corrected chi connectivity index (χ1v) is 11.5. The van der Waals surface area contributed by atoms with Gasteiger partial charge in [0, 0.05) is 37.3 Å². The summed E-state index contributed by atoms with van der Waals surface area (Å²) in [6.07, 6.45) is 6.22. The lowest BCUT2D eigenvalue weighted by atomic mass is 9.75. The molecule has 2 aromatic rings. The molecule has 4 rings (SSSR count). The summed E-state index contributed by atoms with van der Waals surface area (Å²) in [5.41, 5.74) is 2.08. The maximum atomic E-state index is 13.3. The number of hydrogen-bond donors (Lipinski definition) is 0. The van der Waals surface area contributed by atoms with Gasteiger partial charge in [-0.2, -0.15) is 0 Å². The van der Waals surface area contributed by atoms with E-state index in [2.05, 4.69) is 35.2 Å². The number of carbonyl (C=O) groups excluding carboxylic acids is 1. The first-order chi connectivity index (χ1) is 15.6. The molecule has 6 heteroatoms. The van der Waals surface area contributed by atoms with Gasteiger partial charge in [-0.05, 0) is 30.5 Å². The molecule has 0 aromatic heterocycles. The largest absolute Gasteiger partial charge is 0.493 e. The van der Waals surface area contributed by atoms with Gasteiger partial charge < -0.3 is 19.1 Å². The zero-order chi connectivity index (χ0) is 22.6. The van der Waals surface area contributed by atoms with Gasteiger partial charge >= 0.3 is 0 Å². The van der Waals surface area contributed by atoms with Crippen LogP contribution in [0, 0.1) is 0 Å². The van der Waals surface area contributed by atoms with Crippen LogP contribution in [0.25, 0.3) is 0 Å². The predicted octanol–water partition coefficient (Wildman–Crippen LogP) is 4.33. The quantitative estimate of drug-likeness (QED) is 0.672. The average Bonchev–Trinajstić information content (AvgIpc) is 2.88. The van der Waals surface area contributed by atoms with Gasteiger partial charge in [0.05, 0.1) is 21.3 Å². The fourth-order valence-corrected chi connectivity index (χ4v) is 5.40. The Balaban J connectivity index is 1.51. The zero-order valence-electron chi connectivity index (χ0n) is 19.4. The lowest BCUT2D eigenvalue weighted by Gasteiger charge is -2.50. The van der Waals surface area contributed by atoms with Gasteiger partial charge in [0.2, 0.25) is 5.75 Å². The second-order valence-corrected chi connectivity index (χ2v) is 8.65. The number of amides is 1. The third-order valence-corrected chi connectivity index (χ3v) is 7.08. The molecule has 0 N–H and O–H groups in total. The molecule has 2 aliphatic rings. The van der Waals surface area contributed by atoms with E-state index in [0.717, 1.165) is 13.1 Å². The minimum atomic E-state index is 0.00121. The molecule has 0 unspecified atom stereocenters. The van der Waals surface area contributed by atoms with Crippen molar-refractivity contribution in [2.24, 2.45) is 0 Å². The highest BCUT2D eigenvalue weighted by Crippen LogP contribution is 2.43. The van der Waals surface area contributed by atoms with Crippen LogP contribution in [0.2, 0.25) is 0 Å². The van der Waals surface area contributed by atoms with Crippen LogP contribution >= 0.6 is 0 Å². The Hall–Kier alpha value is -2.73. The second-order valence-electron chi connectivity index (χ2n) is 8.65. The SMILES string of the molecule is COc1cc(C(=O)N2CCN(C3(c4ccccc4)CCCCC3)CC2)cc(OC)c1OC. The molecular formula is C26H34N2O4. The number of hydrogen-bond acceptors (Lipinski definition) is 5. The van der Waals surface area contributed by atoms with Gasteiger partial charge in [-0.1, -0.05) is 49.6 Å². The molecule has 32 heavy (non-hydrogen) atoms.